The van der Waals surface area contributed by atoms with E-state index in [4.69, 9.17) is 23.2 Å². The summed E-state index contributed by atoms with van der Waals surface area (Å²) in [6.07, 6.45) is 3.81. The molecule has 3 aromatic carbocycles. The number of carbonyl (C=O) groups is 1. The number of anilines is 1. The fourth-order valence-corrected chi connectivity index (χ4v) is 6.23. The van der Waals surface area contributed by atoms with Crippen molar-refractivity contribution in [2.45, 2.75) is 44.2 Å². The molecule has 0 aromatic heterocycles. The molecule has 6 nitrogen and oxygen atoms in total. The highest BCUT2D eigenvalue weighted by Crippen LogP contribution is 2.35. The van der Waals surface area contributed by atoms with Gasteiger partial charge in [0.1, 0.15) is 6.54 Å². The van der Waals surface area contributed by atoms with Gasteiger partial charge >= 0.3 is 0 Å². The minimum absolute atomic E-state index is 0.0613. The van der Waals surface area contributed by atoms with Crippen LogP contribution in [0, 0.1) is 6.92 Å². The molecule has 1 saturated heterocycles. The van der Waals surface area contributed by atoms with Crippen LogP contribution < -0.4 is 9.62 Å². The number of nitrogens with one attached hydrogen (secondary N) is 1. The summed E-state index contributed by atoms with van der Waals surface area (Å²) in [4.78, 5) is 15.5. The minimum atomic E-state index is -4.08. The molecule has 1 heterocycles. The van der Waals surface area contributed by atoms with Gasteiger partial charge in [-0.3, -0.25) is 14.0 Å². The van der Waals surface area contributed by atoms with Crippen LogP contribution in [0.25, 0.3) is 0 Å². The smallest absolute Gasteiger partial charge is 0.264 e. The molecule has 1 amide bonds. The second-order valence-electron chi connectivity index (χ2n) is 9.33. The molecular weight excluding hydrogens is 529 g/mol. The van der Waals surface area contributed by atoms with Crippen molar-refractivity contribution in [3.05, 3.63) is 93.5 Å². The molecule has 0 spiro atoms. The number of benzene rings is 3. The predicted molar refractivity (Wildman–Crippen MR) is 150 cm³/mol. The minimum Gasteiger partial charge on any atom is -0.350 e. The largest absolute Gasteiger partial charge is 0.350 e. The van der Waals surface area contributed by atoms with Crippen molar-refractivity contribution < 1.29 is 13.2 Å². The fraction of sp³-hybridized carbons (Fsp3) is 0.321. The number of aryl methyl sites for hydroxylation is 1. The molecule has 4 rings (SSSR count). The molecule has 0 radical (unpaired) electrons. The first-order chi connectivity index (χ1) is 17.7. The Hall–Kier alpha value is -2.58. The van der Waals surface area contributed by atoms with Gasteiger partial charge in [0, 0.05) is 13.1 Å². The van der Waals surface area contributed by atoms with Crippen LogP contribution in [-0.4, -0.2) is 38.9 Å². The van der Waals surface area contributed by atoms with E-state index in [-0.39, 0.29) is 27.2 Å². The number of piperidine rings is 1. The van der Waals surface area contributed by atoms with E-state index in [9.17, 15) is 13.2 Å². The lowest BCUT2D eigenvalue weighted by molar-refractivity contribution is -0.119. The quantitative estimate of drug-likeness (QED) is 0.359. The van der Waals surface area contributed by atoms with Gasteiger partial charge in [-0.05, 0) is 68.2 Å². The van der Waals surface area contributed by atoms with Crippen molar-refractivity contribution in [1.29, 1.82) is 0 Å². The van der Waals surface area contributed by atoms with Crippen molar-refractivity contribution in [2.24, 2.45) is 0 Å². The number of amides is 1. The molecule has 0 unspecified atom stereocenters. The van der Waals surface area contributed by atoms with Crippen LogP contribution in [0.5, 0.6) is 0 Å². The van der Waals surface area contributed by atoms with E-state index < -0.39 is 22.5 Å². The molecule has 1 fully saturated rings. The molecule has 1 N–H and O–H groups in total. The summed E-state index contributed by atoms with van der Waals surface area (Å²) in [5, 5.41) is 3.10. The number of carbonyl (C=O) groups excluding carboxylic acids is 1. The average molecular weight is 561 g/mol. The second kappa shape index (κ2) is 12.3. The van der Waals surface area contributed by atoms with Crippen LogP contribution in [0.3, 0.4) is 0 Å². The highest BCUT2D eigenvalue weighted by molar-refractivity contribution is 7.92. The molecule has 9 heteroatoms. The third-order valence-corrected chi connectivity index (χ3v) is 9.05. The van der Waals surface area contributed by atoms with Crippen molar-refractivity contribution in [3.8, 4) is 0 Å². The molecule has 37 heavy (non-hydrogen) atoms. The van der Waals surface area contributed by atoms with Crippen LogP contribution in [0.2, 0.25) is 10.0 Å². The predicted octanol–water partition coefficient (Wildman–Crippen LogP) is 5.80. The second-order valence-corrected chi connectivity index (χ2v) is 12.0. The van der Waals surface area contributed by atoms with Gasteiger partial charge in [-0.2, -0.15) is 0 Å². The topological polar surface area (TPSA) is 69.7 Å². The molecule has 1 aliphatic rings. The number of nitrogens with zero attached hydrogens (tertiary/aromatic N) is 2. The first-order valence-corrected chi connectivity index (χ1v) is 14.5. The van der Waals surface area contributed by atoms with E-state index in [0.29, 0.717) is 0 Å². The van der Waals surface area contributed by atoms with E-state index in [0.717, 1.165) is 35.1 Å². The Balaban J connectivity index is 1.46. The lowest BCUT2D eigenvalue weighted by Gasteiger charge is -2.26. The van der Waals surface area contributed by atoms with Crippen molar-refractivity contribution >= 4 is 44.8 Å². The summed E-state index contributed by atoms with van der Waals surface area (Å²) in [7, 11) is -4.08. The van der Waals surface area contributed by atoms with Crippen LogP contribution >= 0.6 is 23.2 Å². The monoisotopic (exact) mass is 559 g/mol. The molecule has 0 saturated carbocycles. The van der Waals surface area contributed by atoms with Gasteiger partial charge in [0.2, 0.25) is 5.91 Å². The van der Waals surface area contributed by atoms with Crippen LogP contribution in [0.1, 0.15) is 36.0 Å². The van der Waals surface area contributed by atoms with Crippen molar-refractivity contribution in [3.63, 3.8) is 0 Å². The third-order valence-electron chi connectivity index (χ3n) is 6.46. The zero-order chi connectivity index (χ0) is 26.4. The summed E-state index contributed by atoms with van der Waals surface area (Å²) in [6.45, 7) is 4.91. The maximum atomic E-state index is 13.6. The Labute approximate surface area is 229 Å². The summed E-state index contributed by atoms with van der Waals surface area (Å²) in [6, 6.07) is 19.3. The van der Waals surface area contributed by atoms with Gasteiger partial charge < -0.3 is 5.32 Å². The van der Waals surface area contributed by atoms with Gasteiger partial charge in [-0.1, -0.05) is 77.7 Å². The zero-order valence-corrected chi connectivity index (χ0v) is 23.1. The zero-order valence-electron chi connectivity index (χ0n) is 20.8. The van der Waals surface area contributed by atoms with E-state index in [1.807, 2.05) is 19.1 Å². The number of hydrogen-bond donors (Lipinski definition) is 1. The summed E-state index contributed by atoms with van der Waals surface area (Å²) in [5.41, 5.74) is 3.24. The third kappa shape index (κ3) is 7.05. The maximum absolute atomic E-state index is 13.6. The van der Waals surface area contributed by atoms with Crippen LogP contribution in [-0.2, 0) is 27.9 Å². The summed E-state index contributed by atoms with van der Waals surface area (Å²) in [5.74, 6) is -0.455. The molecule has 0 aliphatic carbocycles. The van der Waals surface area contributed by atoms with Crippen LogP contribution in [0.15, 0.2) is 71.6 Å². The molecule has 0 atom stereocenters. The normalized spacial score (nSPS) is 14.4. The number of hydrogen-bond acceptors (Lipinski definition) is 4. The highest BCUT2D eigenvalue weighted by atomic mass is 35.5. The Bertz CT molecular complexity index is 1320. The lowest BCUT2D eigenvalue weighted by atomic mass is 10.1. The number of sulfonamides is 1. The van der Waals surface area contributed by atoms with Gasteiger partial charge in [-0.15, -0.1) is 0 Å². The SMILES string of the molecule is Cc1ccc(S(=O)(=O)N(CC(=O)NCc2ccc(CN3CCCCC3)cc2)c2cccc(Cl)c2Cl)cc1. The fourth-order valence-electron chi connectivity index (χ4n) is 4.35. The van der Waals surface area contributed by atoms with Gasteiger partial charge in [-0.25, -0.2) is 8.42 Å². The molecule has 1 aliphatic heterocycles. The first kappa shape index (κ1) is 27.5. The first-order valence-electron chi connectivity index (χ1n) is 12.3. The van der Waals surface area contributed by atoms with Gasteiger partial charge in [0.15, 0.2) is 0 Å². The Morgan fingerprint density at radius 3 is 2.24 bits per heavy atom. The Kier molecular flexibility index (Phi) is 9.13. The standard InChI is InChI=1S/C28H31Cl2N3O3S/c1-21-8-14-24(15-9-21)37(35,36)33(26-7-5-6-25(29)28(26)30)20-27(34)31-18-22-10-12-23(13-11-22)19-32-16-3-2-4-17-32/h5-15H,2-4,16-20H2,1H3,(H,31,34). The van der Waals surface area contributed by atoms with Gasteiger partial charge in [0.25, 0.3) is 10.0 Å². The Morgan fingerprint density at radius 2 is 1.57 bits per heavy atom. The van der Waals surface area contributed by atoms with Gasteiger partial charge in [0.05, 0.1) is 20.6 Å². The summed E-state index contributed by atoms with van der Waals surface area (Å²) >= 11 is 12.5. The van der Waals surface area contributed by atoms with E-state index in [2.05, 4.69) is 22.3 Å². The van der Waals surface area contributed by atoms with Crippen molar-refractivity contribution in [2.75, 3.05) is 23.9 Å². The number of halogens is 2. The highest BCUT2D eigenvalue weighted by Gasteiger charge is 2.29. The average Bonchev–Trinajstić information content (AvgIpc) is 2.89. The molecule has 3 aromatic rings. The lowest BCUT2D eigenvalue weighted by Crippen LogP contribution is -2.40. The maximum Gasteiger partial charge on any atom is 0.264 e. The van der Waals surface area contributed by atoms with E-state index in [1.54, 1.807) is 24.3 Å². The molecular formula is C28H31Cl2N3O3S. The van der Waals surface area contributed by atoms with Crippen molar-refractivity contribution in [1.82, 2.24) is 10.2 Å². The van der Waals surface area contributed by atoms with E-state index >= 15 is 0 Å². The Morgan fingerprint density at radius 1 is 0.919 bits per heavy atom. The molecule has 196 valence electrons. The molecule has 0 bridgehead atoms. The number of rotatable bonds is 9. The number of likely N-dealkylation sites (tertiary alicyclic amines) is 1. The van der Waals surface area contributed by atoms with Crippen LogP contribution in [0.4, 0.5) is 5.69 Å². The summed E-state index contributed by atoms with van der Waals surface area (Å²) < 4.78 is 28.1. The van der Waals surface area contributed by atoms with E-state index in [1.165, 1.54) is 43.0 Å².